The van der Waals surface area contributed by atoms with Crippen molar-refractivity contribution in [2.24, 2.45) is 0 Å². The van der Waals surface area contributed by atoms with E-state index < -0.39 is 0 Å². The number of thiophene rings is 1. The second kappa shape index (κ2) is 13.4. The summed E-state index contributed by atoms with van der Waals surface area (Å²) in [7, 11) is 0. The van der Waals surface area contributed by atoms with Crippen LogP contribution in [0.15, 0.2) is 199 Å². The largest absolute Gasteiger partial charge is 0.456 e. The topological polar surface area (TPSA) is 18.1 Å². The number of fused-ring (bicyclic) bond motifs is 12. The molecule has 0 spiro atoms. The highest BCUT2D eigenvalue weighted by Crippen LogP contribution is 2.51. The Morgan fingerprint density at radius 2 is 1.21 bits per heavy atom. The number of furan rings is 1. The molecule has 0 amide bonds. The molecule has 0 aliphatic heterocycles. The molecule has 0 saturated carbocycles. The normalized spacial score (nSPS) is 15.2. The summed E-state index contributed by atoms with van der Waals surface area (Å²) in [6, 6.07) is 72.0. The maximum absolute atomic E-state index is 6.30. The molecule has 1 aliphatic carbocycles. The molecule has 1 aliphatic rings. The van der Waals surface area contributed by atoms with Gasteiger partial charge in [0, 0.05) is 53.0 Å². The zero-order valence-corrected chi connectivity index (χ0v) is 34.4. The number of benzene rings is 9. The summed E-state index contributed by atoms with van der Waals surface area (Å²) in [6.45, 7) is 2.44. The van der Waals surface area contributed by atoms with Crippen molar-refractivity contribution >= 4 is 75.3 Å². The van der Waals surface area contributed by atoms with E-state index in [0.717, 1.165) is 34.0 Å². The number of aromatic nitrogens is 1. The van der Waals surface area contributed by atoms with Crippen molar-refractivity contribution in [3.63, 3.8) is 0 Å². The van der Waals surface area contributed by atoms with Crippen LogP contribution in [0.3, 0.4) is 0 Å². The lowest BCUT2D eigenvalue weighted by Gasteiger charge is -2.24. The SMILES string of the molecule is CC1c2cccc(-c3cccc4c3c3ccccc3n4-c3cc(-c4ccc5oc6ccccc6c5c4)c4sc5ccccc5c4c3)c2-c2ccccc2CC1c1ccccc1. The van der Waals surface area contributed by atoms with E-state index in [1.165, 1.54) is 92.0 Å². The predicted molar refractivity (Wildman–Crippen MR) is 259 cm³/mol. The fraction of sp³-hybridized carbons (Fsp3) is 0.0690. The summed E-state index contributed by atoms with van der Waals surface area (Å²) >= 11 is 1.88. The minimum atomic E-state index is 0.329. The van der Waals surface area contributed by atoms with Crippen LogP contribution in [0.4, 0.5) is 0 Å². The van der Waals surface area contributed by atoms with Crippen molar-refractivity contribution in [3.05, 3.63) is 211 Å². The summed E-state index contributed by atoms with van der Waals surface area (Å²) in [5, 5.41) is 7.39. The quantitative estimate of drug-likeness (QED) is 0.173. The molecule has 0 radical (unpaired) electrons. The molecule has 3 aromatic heterocycles. The van der Waals surface area contributed by atoms with Gasteiger partial charge in [0.2, 0.25) is 0 Å². The van der Waals surface area contributed by atoms with Gasteiger partial charge in [-0.15, -0.1) is 11.3 Å². The van der Waals surface area contributed by atoms with E-state index in [0.29, 0.717) is 11.8 Å². The lowest BCUT2D eigenvalue weighted by Crippen LogP contribution is -2.10. The van der Waals surface area contributed by atoms with Crippen LogP contribution in [0.2, 0.25) is 0 Å². The van der Waals surface area contributed by atoms with Gasteiger partial charge in [0.25, 0.3) is 0 Å². The van der Waals surface area contributed by atoms with Gasteiger partial charge in [0.1, 0.15) is 11.2 Å². The van der Waals surface area contributed by atoms with Crippen LogP contribution in [-0.4, -0.2) is 4.57 Å². The van der Waals surface area contributed by atoms with Gasteiger partial charge in [-0.1, -0.05) is 153 Å². The van der Waals surface area contributed by atoms with Gasteiger partial charge in [-0.2, -0.15) is 0 Å². The van der Waals surface area contributed by atoms with Gasteiger partial charge in [0.05, 0.1) is 11.0 Å². The molecule has 0 N–H and O–H groups in total. The molecule has 0 saturated heterocycles. The third kappa shape index (κ3) is 5.20. The molecule has 3 heterocycles. The Bertz CT molecular complexity index is 3710. The molecular formula is C58H39NOS. The van der Waals surface area contributed by atoms with Crippen molar-refractivity contribution in [2.45, 2.75) is 25.2 Å². The number of rotatable bonds is 4. The lowest BCUT2D eigenvalue weighted by atomic mass is 9.79. The highest BCUT2D eigenvalue weighted by Gasteiger charge is 2.31. The molecule has 61 heavy (non-hydrogen) atoms. The smallest absolute Gasteiger partial charge is 0.135 e. The maximum Gasteiger partial charge on any atom is 0.135 e. The van der Waals surface area contributed by atoms with Gasteiger partial charge >= 0.3 is 0 Å². The standard InChI is InChI=1S/C58H39NOS/c1-35-40-22-13-23-44(56(40)41-18-6-5-17-37(41)31-47(35)36-15-3-2-4-16-36)45-24-14-26-52-57(45)46-21-7-10-25-51(46)59(52)39-33-48(58-50(34-39)43-20-9-12-28-55(43)61-58)38-29-30-54-49(32-38)42-19-8-11-27-53(42)60-54/h2-30,32-35,47H,31H2,1H3. The van der Waals surface area contributed by atoms with Crippen LogP contribution in [0, 0.1) is 0 Å². The minimum Gasteiger partial charge on any atom is -0.456 e. The molecule has 0 fully saturated rings. The summed E-state index contributed by atoms with van der Waals surface area (Å²) < 4.78 is 11.4. The summed E-state index contributed by atoms with van der Waals surface area (Å²) in [5.41, 5.74) is 17.3. The molecule has 13 rings (SSSR count). The highest BCUT2D eigenvalue weighted by molar-refractivity contribution is 7.26. The van der Waals surface area contributed by atoms with Gasteiger partial charge in [-0.25, -0.2) is 0 Å². The average molecular weight is 798 g/mol. The van der Waals surface area contributed by atoms with Crippen molar-refractivity contribution in [1.82, 2.24) is 4.57 Å². The fourth-order valence-electron chi connectivity index (χ4n) is 10.7. The van der Waals surface area contributed by atoms with Gasteiger partial charge in [0.15, 0.2) is 0 Å². The number of para-hydroxylation sites is 2. The molecule has 2 atom stereocenters. The highest BCUT2D eigenvalue weighted by atomic mass is 32.1. The monoisotopic (exact) mass is 797 g/mol. The first kappa shape index (κ1) is 34.6. The Morgan fingerprint density at radius 1 is 0.508 bits per heavy atom. The van der Waals surface area contributed by atoms with Crippen LogP contribution in [0.5, 0.6) is 0 Å². The van der Waals surface area contributed by atoms with E-state index in [-0.39, 0.29) is 0 Å². The first-order valence-corrected chi connectivity index (χ1v) is 22.2. The maximum atomic E-state index is 6.30. The van der Waals surface area contributed by atoms with E-state index in [2.05, 4.69) is 200 Å². The Morgan fingerprint density at radius 3 is 2.13 bits per heavy atom. The predicted octanol–water partition coefficient (Wildman–Crippen LogP) is 16.5. The lowest BCUT2D eigenvalue weighted by molar-refractivity contribution is 0.579. The molecule has 2 nitrogen and oxygen atoms in total. The van der Waals surface area contributed by atoms with E-state index >= 15 is 0 Å². The van der Waals surface area contributed by atoms with Crippen LogP contribution in [0.1, 0.15) is 35.4 Å². The van der Waals surface area contributed by atoms with Crippen LogP contribution in [-0.2, 0) is 6.42 Å². The third-order valence-corrected chi connectivity index (χ3v) is 14.8. The van der Waals surface area contributed by atoms with E-state index in [1.807, 2.05) is 17.4 Å². The Kier molecular flexibility index (Phi) is 7.61. The second-order valence-electron chi connectivity index (χ2n) is 16.8. The molecule has 12 aromatic rings. The number of hydrogen-bond acceptors (Lipinski definition) is 2. The molecular weight excluding hydrogens is 759 g/mol. The van der Waals surface area contributed by atoms with Crippen LogP contribution < -0.4 is 0 Å². The average Bonchev–Trinajstić information content (AvgIpc) is 3.97. The van der Waals surface area contributed by atoms with E-state index in [9.17, 15) is 0 Å². The zero-order valence-electron chi connectivity index (χ0n) is 33.6. The second-order valence-corrected chi connectivity index (χ2v) is 17.8. The van der Waals surface area contributed by atoms with Crippen LogP contribution in [0.25, 0.3) is 103 Å². The number of hydrogen-bond donors (Lipinski definition) is 0. The first-order valence-electron chi connectivity index (χ1n) is 21.3. The van der Waals surface area contributed by atoms with Crippen LogP contribution >= 0.6 is 11.3 Å². The number of nitrogens with zero attached hydrogens (tertiary/aromatic N) is 1. The molecule has 9 aromatic carbocycles. The van der Waals surface area contributed by atoms with Gasteiger partial charge in [-0.3, -0.25) is 0 Å². The van der Waals surface area contributed by atoms with E-state index in [1.54, 1.807) is 0 Å². The molecule has 2 unspecified atom stereocenters. The van der Waals surface area contributed by atoms with Gasteiger partial charge < -0.3 is 8.98 Å². The van der Waals surface area contributed by atoms with Crippen molar-refractivity contribution in [2.75, 3.05) is 0 Å². The Balaban J connectivity index is 1.08. The third-order valence-electron chi connectivity index (χ3n) is 13.5. The molecule has 3 heteroatoms. The van der Waals surface area contributed by atoms with E-state index in [4.69, 9.17) is 4.42 Å². The van der Waals surface area contributed by atoms with Gasteiger partial charge in [-0.05, 0) is 111 Å². The zero-order chi connectivity index (χ0) is 40.2. The Hall–Kier alpha value is -7.20. The molecule has 0 bridgehead atoms. The minimum absolute atomic E-state index is 0.329. The van der Waals surface area contributed by atoms with Crippen molar-refractivity contribution < 1.29 is 4.42 Å². The Labute approximate surface area is 357 Å². The van der Waals surface area contributed by atoms with Crippen molar-refractivity contribution in [3.8, 4) is 39.1 Å². The fourth-order valence-corrected chi connectivity index (χ4v) is 11.9. The molecule has 288 valence electrons. The summed E-state index contributed by atoms with van der Waals surface area (Å²) in [4.78, 5) is 0. The summed E-state index contributed by atoms with van der Waals surface area (Å²) in [6.07, 6.45) is 1.00. The first-order chi connectivity index (χ1) is 30.2. The van der Waals surface area contributed by atoms with Crippen molar-refractivity contribution in [1.29, 1.82) is 0 Å². The summed E-state index contributed by atoms with van der Waals surface area (Å²) in [5.74, 6) is 0.705.